The summed E-state index contributed by atoms with van der Waals surface area (Å²) in [4.78, 5) is 11.5. The molecule has 2 saturated carbocycles. The van der Waals surface area contributed by atoms with Crippen LogP contribution in [-0.2, 0) is 14.3 Å². The first-order valence-corrected chi connectivity index (χ1v) is 5.78. The third-order valence-electron chi connectivity index (χ3n) is 4.16. The second kappa shape index (κ2) is 3.31. The third kappa shape index (κ3) is 1.26. The fourth-order valence-corrected chi connectivity index (χ4v) is 3.46. The molecule has 0 spiro atoms. The minimum absolute atomic E-state index is 0.0953. The van der Waals surface area contributed by atoms with Crippen molar-refractivity contribution in [1.29, 1.82) is 0 Å². The van der Waals surface area contributed by atoms with Crippen molar-refractivity contribution >= 4 is 5.97 Å². The lowest BCUT2D eigenvalue weighted by Crippen LogP contribution is -2.36. The molecular weight excluding hydrogens is 208 g/mol. The minimum Gasteiger partial charge on any atom is -0.456 e. The molecule has 4 nitrogen and oxygen atoms in total. The van der Waals surface area contributed by atoms with Gasteiger partial charge in [-0.05, 0) is 31.6 Å². The van der Waals surface area contributed by atoms with Gasteiger partial charge in [0, 0.05) is 11.5 Å². The average molecular weight is 224 g/mol. The molecule has 6 unspecified atom stereocenters. The Kier molecular flexibility index (Phi) is 2.13. The number of rotatable bonds is 2. The molecule has 16 heavy (non-hydrogen) atoms. The maximum Gasteiger partial charge on any atom is 0.333 e. The number of carbonyl (C=O) groups is 1. The van der Waals surface area contributed by atoms with E-state index >= 15 is 0 Å². The van der Waals surface area contributed by atoms with E-state index in [-0.39, 0.29) is 24.1 Å². The molecule has 2 aliphatic carbocycles. The van der Waals surface area contributed by atoms with Crippen molar-refractivity contribution in [2.45, 2.75) is 38.3 Å². The van der Waals surface area contributed by atoms with Crippen LogP contribution in [0.2, 0.25) is 0 Å². The Morgan fingerprint density at radius 1 is 1.44 bits per heavy atom. The minimum atomic E-state index is -0.659. The van der Waals surface area contributed by atoms with Crippen LogP contribution in [0.5, 0.6) is 0 Å². The number of hydrogen-bond acceptors (Lipinski definition) is 4. The molecule has 3 fully saturated rings. The summed E-state index contributed by atoms with van der Waals surface area (Å²) in [5.41, 5.74) is 0.415. The monoisotopic (exact) mass is 224 g/mol. The van der Waals surface area contributed by atoms with E-state index < -0.39 is 6.29 Å². The summed E-state index contributed by atoms with van der Waals surface area (Å²) >= 11 is 0. The van der Waals surface area contributed by atoms with E-state index in [9.17, 15) is 9.90 Å². The number of fused-ring (bicyclic) bond motifs is 1. The molecule has 3 rings (SSSR count). The number of hydrogen-bond donors (Lipinski definition) is 1. The highest BCUT2D eigenvalue weighted by atomic mass is 16.6. The predicted octanol–water partition coefficient (Wildman–Crippen LogP) is 0.847. The van der Waals surface area contributed by atoms with Crippen LogP contribution in [0, 0.1) is 17.8 Å². The lowest BCUT2D eigenvalue weighted by molar-refractivity contribution is -0.160. The molecule has 1 saturated heterocycles. The van der Waals surface area contributed by atoms with E-state index in [2.05, 4.69) is 6.58 Å². The maximum atomic E-state index is 11.5. The van der Waals surface area contributed by atoms with Crippen molar-refractivity contribution in [3.63, 3.8) is 0 Å². The topological polar surface area (TPSA) is 55.8 Å². The highest BCUT2D eigenvalue weighted by molar-refractivity contribution is 5.87. The van der Waals surface area contributed by atoms with E-state index in [0.29, 0.717) is 17.4 Å². The van der Waals surface area contributed by atoms with E-state index in [1.54, 1.807) is 6.92 Å². The van der Waals surface area contributed by atoms with Gasteiger partial charge in [-0.25, -0.2) is 4.79 Å². The van der Waals surface area contributed by atoms with Gasteiger partial charge < -0.3 is 14.6 Å². The normalized spacial score (nSPS) is 48.4. The smallest absolute Gasteiger partial charge is 0.333 e. The highest BCUT2D eigenvalue weighted by Gasteiger charge is 2.62. The van der Waals surface area contributed by atoms with Crippen LogP contribution >= 0.6 is 0 Å². The summed E-state index contributed by atoms with van der Waals surface area (Å²) in [6.07, 6.45) is 0.995. The van der Waals surface area contributed by atoms with Gasteiger partial charge in [0.15, 0.2) is 6.29 Å². The van der Waals surface area contributed by atoms with E-state index in [1.807, 2.05) is 0 Å². The first kappa shape index (κ1) is 10.3. The number of aliphatic hydroxyl groups is 1. The molecule has 1 N–H and O–H groups in total. The maximum absolute atomic E-state index is 11.5. The fraction of sp³-hybridized carbons (Fsp3) is 0.750. The molecular formula is C12H16O4. The molecule has 2 bridgehead atoms. The van der Waals surface area contributed by atoms with Crippen molar-refractivity contribution in [2.75, 3.05) is 0 Å². The highest BCUT2D eigenvalue weighted by Crippen LogP contribution is 2.56. The first-order valence-electron chi connectivity index (χ1n) is 5.78. The molecule has 0 aromatic carbocycles. The Labute approximate surface area is 94.2 Å². The zero-order valence-electron chi connectivity index (χ0n) is 9.26. The zero-order valence-corrected chi connectivity index (χ0v) is 9.26. The largest absolute Gasteiger partial charge is 0.456 e. The van der Waals surface area contributed by atoms with Crippen molar-refractivity contribution < 1.29 is 19.4 Å². The molecule has 3 aliphatic rings. The Morgan fingerprint density at radius 3 is 2.81 bits per heavy atom. The van der Waals surface area contributed by atoms with Gasteiger partial charge in [0.2, 0.25) is 0 Å². The van der Waals surface area contributed by atoms with Gasteiger partial charge in [0.25, 0.3) is 0 Å². The van der Waals surface area contributed by atoms with E-state index in [1.165, 1.54) is 0 Å². The molecule has 88 valence electrons. The van der Waals surface area contributed by atoms with Gasteiger partial charge in [0.05, 0.1) is 0 Å². The van der Waals surface area contributed by atoms with Crippen LogP contribution in [-0.4, -0.2) is 29.6 Å². The quantitative estimate of drug-likeness (QED) is 0.558. The van der Waals surface area contributed by atoms with Gasteiger partial charge >= 0.3 is 5.97 Å². The number of ether oxygens (including phenoxy) is 2. The predicted molar refractivity (Wildman–Crippen MR) is 55.3 cm³/mol. The summed E-state index contributed by atoms with van der Waals surface area (Å²) in [7, 11) is 0. The zero-order chi connectivity index (χ0) is 11.4. The number of esters is 1. The summed E-state index contributed by atoms with van der Waals surface area (Å²) in [5.74, 6) is 0.650. The fourth-order valence-electron chi connectivity index (χ4n) is 3.46. The van der Waals surface area contributed by atoms with Crippen LogP contribution in [0.4, 0.5) is 0 Å². The van der Waals surface area contributed by atoms with Gasteiger partial charge in [-0.15, -0.1) is 0 Å². The molecule has 0 amide bonds. The van der Waals surface area contributed by atoms with Crippen molar-refractivity contribution in [1.82, 2.24) is 0 Å². The molecule has 1 heterocycles. The van der Waals surface area contributed by atoms with Crippen LogP contribution in [0.1, 0.15) is 19.8 Å². The Bertz CT molecular complexity index is 351. The van der Waals surface area contributed by atoms with E-state index in [4.69, 9.17) is 9.47 Å². The average Bonchev–Trinajstić information content (AvgIpc) is 2.81. The first-order chi connectivity index (χ1) is 7.58. The SMILES string of the molecule is C=C(C)C(=O)OC1C2CC3C(O)OC1C3C2. The van der Waals surface area contributed by atoms with Gasteiger partial charge in [-0.2, -0.15) is 0 Å². The van der Waals surface area contributed by atoms with Crippen LogP contribution in [0.15, 0.2) is 12.2 Å². The molecule has 0 aromatic rings. The van der Waals surface area contributed by atoms with Gasteiger partial charge in [-0.1, -0.05) is 6.58 Å². The standard InChI is InChI=1S/C12H16O4/c1-5(2)11(13)15-9-6-3-7-8(4-6)12(14)16-10(7)9/h6-10,12,14H,1,3-4H2,2H3. The van der Waals surface area contributed by atoms with Crippen molar-refractivity contribution in [3.05, 3.63) is 12.2 Å². The Morgan fingerprint density at radius 2 is 2.12 bits per heavy atom. The summed E-state index contributed by atoms with van der Waals surface area (Å²) in [6.45, 7) is 5.21. The molecule has 1 aliphatic heterocycles. The Balaban J connectivity index is 1.75. The lowest BCUT2D eigenvalue weighted by Gasteiger charge is -2.26. The van der Waals surface area contributed by atoms with Crippen molar-refractivity contribution in [3.8, 4) is 0 Å². The summed E-state index contributed by atoms with van der Waals surface area (Å²) in [5, 5.41) is 9.68. The number of carbonyl (C=O) groups excluding carboxylic acids is 1. The van der Waals surface area contributed by atoms with E-state index in [0.717, 1.165) is 12.8 Å². The molecule has 6 atom stereocenters. The van der Waals surface area contributed by atoms with Crippen LogP contribution in [0.3, 0.4) is 0 Å². The van der Waals surface area contributed by atoms with Crippen molar-refractivity contribution in [2.24, 2.45) is 17.8 Å². The lowest BCUT2D eigenvalue weighted by atomic mass is 9.87. The summed E-state index contributed by atoms with van der Waals surface area (Å²) < 4.78 is 10.9. The molecule has 0 aromatic heterocycles. The Hall–Kier alpha value is -0.870. The third-order valence-corrected chi connectivity index (χ3v) is 4.16. The molecule has 4 heteroatoms. The summed E-state index contributed by atoms with van der Waals surface area (Å²) in [6, 6.07) is 0. The second-order valence-corrected chi connectivity index (χ2v) is 5.20. The molecule has 0 radical (unpaired) electrons. The van der Waals surface area contributed by atoms with Gasteiger partial charge in [0.1, 0.15) is 12.2 Å². The van der Waals surface area contributed by atoms with Crippen LogP contribution < -0.4 is 0 Å². The van der Waals surface area contributed by atoms with Gasteiger partial charge in [-0.3, -0.25) is 0 Å². The van der Waals surface area contributed by atoms with Crippen LogP contribution in [0.25, 0.3) is 0 Å². The number of aliphatic hydroxyl groups excluding tert-OH is 1. The second-order valence-electron chi connectivity index (χ2n) is 5.20.